The Morgan fingerprint density at radius 3 is 3.19 bits per heavy atom. The summed E-state index contributed by atoms with van der Waals surface area (Å²) in [6.45, 7) is 0.740. The lowest BCUT2D eigenvalue weighted by molar-refractivity contribution is -0.135. The second kappa shape index (κ2) is 3.67. The fourth-order valence-electron chi connectivity index (χ4n) is 2.45. The monoisotopic (exact) mass is 238 g/mol. The van der Waals surface area contributed by atoms with Crippen LogP contribution in [0.4, 0.5) is 0 Å². The molecule has 16 heavy (non-hydrogen) atoms. The molecule has 2 atom stereocenters. The lowest BCUT2D eigenvalue weighted by Gasteiger charge is -2.05. The molecular formula is C12H11ClO3. The zero-order valence-corrected chi connectivity index (χ0v) is 9.37. The molecule has 0 amide bonds. The average molecular weight is 239 g/mol. The van der Waals surface area contributed by atoms with Crippen LogP contribution in [0.5, 0.6) is 5.75 Å². The molecule has 4 heteroatoms. The smallest absolute Gasteiger partial charge is 0.328 e. The summed E-state index contributed by atoms with van der Waals surface area (Å²) in [4.78, 5) is 11.3. The van der Waals surface area contributed by atoms with E-state index in [0.717, 1.165) is 25.2 Å². The lowest BCUT2D eigenvalue weighted by Crippen LogP contribution is -2.01. The highest BCUT2D eigenvalue weighted by atomic mass is 35.5. The number of fused-ring (bicyclic) bond motifs is 1. The molecular weight excluding hydrogens is 228 g/mol. The number of hydrogen-bond acceptors (Lipinski definition) is 3. The van der Waals surface area contributed by atoms with Crippen LogP contribution in [0.15, 0.2) is 18.2 Å². The van der Waals surface area contributed by atoms with Gasteiger partial charge in [-0.05, 0) is 24.0 Å². The van der Waals surface area contributed by atoms with E-state index in [1.165, 1.54) is 11.1 Å². The summed E-state index contributed by atoms with van der Waals surface area (Å²) in [5.41, 5.74) is 2.47. The maximum atomic E-state index is 11.3. The van der Waals surface area contributed by atoms with E-state index in [1.807, 2.05) is 12.1 Å². The molecule has 1 aromatic carbocycles. The third-order valence-electron chi connectivity index (χ3n) is 3.35. The summed E-state index contributed by atoms with van der Waals surface area (Å²) in [5.74, 6) is 0.845. The first-order valence-electron chi connectivity index (χ1n) is 5.38. The van der Waals surface area contributed by atoms with Crippen LogP contribution in [0.3, 0.4) is 0 Å². The van der Waals surface area contributed by atoms with Crippen molar-refractivity contribution in [2.24, 2.45) is 5.92 Å². The van der Waals surface area contributed by atoms with Gasteiger partial charge in [0.25, 0.3) is 0 Å². The van der Waals surface area contributed by atoms with Crippen molar-refractivity contribution in [3.63, 3.8) is 0 Å². The maximum Gasteiger partial charge on any atom is 0.328 e. The van der Waals surface area contributed by atoms with Gasteiger partial charge in [0, 0.05) is 12.0 Å². The van der Waals surface area contributed by atoms with Crippen LogP contribution < -0.4 is 4.74 Å². The molecule has 1 heterocycles. The number of ether oxygens (including phenoxy) is 1. The molecule has 3 rings (SSSR count). The van der Waals surface area contributed by atoms with Gasteiger partial charge in [0.2, 0.25) is 0 Å². The number of rotatable bonds is 2. The fourth-order valence-corrected chi connectivity index (χ4v) is 2.57. The Morgan fingerprint density at radius 2 is 2.38 bits per heavy atom. The fraction of sp³-hybridized carbons (Fsp3) is 0.417. The minimum atomic E-state index is -0.316. The molecule has 0 aromatic heterocycles. The minimum absolute atomic E-state index is 0.0652. The van der Waals surface area contributed by atoms with Crippen molar-refractivity contribution in [3.05, 3.63) is 29.3 Å². The third kappa shape index (κ3) is 1.47. The van der Waals surface area contributed by atoms with Crippen LogP contribution in [0.2, 0.25) is 0 Å². The van der Waals surface area contributed by atoms with Crippen molar-refractivity contribution >= 4 is 17.8 Å². The molecule has 0 N–H and O–H groups in total. The van der Waals surface area contributed by atoms with Crippen LogP contribution in [-0.2, 0) is 15.5 Å². The van der Waals surface area contributed by atoms with Crippen LogP contribution in [0.25, 0.3) is 0 Å². The van der Waals surface area contributed by atoms with Crippen LogP contribution >= 0.6 is 11.9 Å². The van der Waals surface area contributed by atoms with E-state index >= 15 is 0 Å². The highest BCUT2D eigenvalue weighted by Gasteiger charge is 2.46. The van der Waals surface area contributed by atoms with Gasteiger partial charge in [-0.3, -0.25) is 4.79 Å². The van der Waals surface area contributed by atoms with E-state index in [4.69, 9.17) is 16.6 Å². The van der Waals surface area contributed by atoms with Gasteiger partial charge in [-0.25, -0.2) is 0 Å². The van der Waals surface area contributed by atoms with Crippen LogP contribution in [0, 0.1) is 5.92 Å². The quantitative estimate of drug-likeness (QED) is 0.794. The molecule has 1 aromatic rings. The first kappa shape index (κ1) is 9.97. The molecule has 0 spiro atoms. The second-order valence-corrected chi connectivity index (χ2v) is 4.42. The molecule has 1 aliphatic carbocycles. The second-order valence-electron chi connectivity index (χ2n) is 4.27. The van der Waals surface area contributed by atoms with E-state index in [0.29, 0.717) is 0 Å². The molecule has 2 aliphatic rings. The summed E-state index contributed by atoms with van der Waals surface area (Å²) in [6, 6.07) is 6.02. The SMILES string of the molecule is O=C(OCl)[C@@H]1CC1c1cccc2c1CCO2. The normalized spacial score (nSPS) is 25.8. The standard InChI is InChI=1S/C12H11ClO3/c13-16-12(14)10-6-9(10)7-2-1-3-11-8(7)4-5-15-11/h1-3,9-10H,4-6H2/t9?,10-/m1/s1. The van der Waals surface area contributed by atoms with Crippen LogP contribution in [-0.4, -0.2) is 12.6 Å². The Balaban J connectivity index is 1.87. The van der Waals surface area contributed by atoms with Crippen molar-refractivity contribution < 1.29 is 13.8 Å². The summed E-state index contributed by atoms with van der Waals surface area (Å²) in [6.07, 6.45) is 1.77. The highest BCUT2D eigenvalue weighted by molar-refractivity contribution is 6.13. The molecule has 3 nitrogen and oxygen atoms in total. The molecule has 1 fully saturated rings. The topological polar surface area (TPSA) is 35.5 Å². The van der Waals surface area contributed by atoms with E-state index in [9.17, 15) is 4.79 Å². The number of hydrogen-bond donors (Lipinski definition) is 0. The largest absolute Gasteiger partial charge is 0.493 e. The van der Waals surface area contributed by atoms with Crippen molar-refractivity contribution in [1.29, 1.82) is 0 Å². The predicted octanol–water partition coefficient (Wildman–Crippen LogP) is 2.42. The number of carbonyl (C=O) groups is 1. The number of benzene rings is 1. The first-order valence-corrected chi connectivity index (χ1v) is 5.69. The average Bonchev–Trinajstić information content (AvgIpc) is 2.96. The summed E-state index contributed by atoms with van der Waals surface area (Å²) < 4.78 is 9.74. The van der Waals surface area contributed by atoms with Gasteiger partial charge in [0.05, 0.1) is 12.5 Å². The van der Waals surface area contributed by atoms with Gasteiger partial charge in [0.1, 0.15) is 17.6 Å². The zero-order valence-electron chi connectivity index (χ0n) is 8.61. The van der Waals surface area contributed by atoms with Crippen LogP contribution in [0.1, 0.15) is 23.5 Å². The van der Waals surface area contributed by atoms with Crippen molar-refractivity contribution in [2.75, 3.05) is 6.61 Å². The molecule has 1 saturated carbocycles. The number of halogens is 1. The van der Waals surface area contributed by atoms with E-state index in [-0.39, 0.29) is 17.8 Å². The van der Waals surface area contributed by atoms with Gasteiger partial charge in [-0.15, -0.1) is 0 Å². The molecule has 1 aliphatic heterocycles. The van der Waals surface area contributed by atoms with E-state index in [1.54, 1.807) is 0 Å². The van der Waals surface area contributed by atoms with Crippen molar-refractivity contribution in [2.45, 2.75) is 18.8 Å². The van der Waals surface area contributed by atoms with E-state index in [2.05, 4.69) is 10.4 Å². The van der Waals surface area contributed by atoms with Crippen molar-refractivity contribution in [1.82, 2.24) is 0 Å². The predicted molar refractivity (Wildman–Crippen MR) is 58.4 cm³/mol. The van der Waals surface area contributed by atoms with Gasteiger partial charge >= 0.3 is 5.97 Å². The Kier molecular flexibility index (Phi) is 2.28. The molecule has 84 valence electrons. The Bertz CT molecular complexity index is 444. The van der Waals surface area contributed by atoms with Crippen molar-refractivity contribution in [3.8, 4) is 5.75 Å². The first-order chi connectivity index (χ1) is 7.81. The summed E-state index contributed by atoms with van der Waals surface area (Å²) in [7, 11) is 0. The zero-order chi connectivity index (χ0) is 11.1. The minimum Gasteiger partial charge on any atom is -0.493 e. The Morgan fingerprint density at radius 1 is 1.50 bits per heavy atom. The summed E-state index contributed by atoms with van der Waals surface area (Å²) in [5, 5.41) is 0. The highest BCUT2D eigenvalue weighted by Crippen LogP contribution is 2.51. The lowest BCUT2D eigenvalue weighted by atomic mass is 10.00. The van der Waals surface area contributed by atoms with Gasteiger partial charge in [-0.2, -0.15) is 0 Å². The Labute approximate surface area is 98.5 Å². The van der Waals surface area contributed by atoms with Gasteiger partial charge in [0.15, 0.2) is 0 Å². The number of carbonyl (C=O) groups excluding carboxylic acids is 1. The third-order valence-corrected chi connectivity index (χ3v) is 3.50. The van der Waals surface area contributed by atoms with E-state index < -0.39 is 0 Å². The molecule has 0 bridgehead atoms. The summed E-state index contributed by atoms with van der Waals surface area (Å²) >= 11 is 5.08. The van der Waals surface area contributed by atoms with Gasteiger partial charge in [-0.1, -0.05) is 12.1 Å². The molecule has 0 radical (unpaired) electrons. The molecule has 1 unspecified atom stereocenters. The van der Waals surface area contributed by atoms with Gasteiger partial charge < -0.3 is 9.03 Å². The molecule has 0 saturated heterocycles. The Hall–Kier alpha value is -1.22. The maximum absolute atomic E-state index is 11.3.